The number of likely N-dealkylation sites (N-methyl/N-ethyl adjacent to an activating group) is 1. The van der Waals surface area contributed by atoms with Crippen molar-refractivity contribution in [3.63, 3.8) is 0 Å². The number of hydrogen-bond donors (Lipinski definition) is 3. The minimum Gasteiger partial charge on any atom is -0.488 e. The Balaban J connectivity index is 1.38. The van der Waals surface area contributed by atoms with Gasteiger partial charge in [0, 0.05) is 55.8 Å². The van der Waals surface area contributed by atoms with E-state index < -0.39 is 22.2 Å². The molecule has 2 aromatic carbocycles. The van der Waals surface area contributed by atoms with Crippen molar-refractivity contribution in [2.45, 2.75) is 37.4 Å². The summed E-state index contributed by atoms with van der Waals surface area (Å²) in [5.74, 6) is 1.04. The second-order valence-electron chi connectivity index (χ2n) is 11.1. The molecule has 5 rings (SSSR count). The van der Waals surface area contributed by atoms with Crippen molar-refractivity contribution in [3.8, 4) is 17.2 Å². The number of nitrogens with one attached hydrogen (secondary N) is 2. The van der Waals surface area contributed by atoms with Crippen LogP contribution in [0.15, 0.2) is 53.9 Å². The maximum absolute atomic E-state index is 13.5. The van der Waals surface area contributed by atoms with E-state index in [1.54, 1.807) is 62.3 Å². The van der Waals surface area contributed by atoms with Gasteiger partial charge in [-0.1, -0.05) is 6.92 Å². The van der Waals surface area contributed by atoms with Gasteiger partial charge in [0.2, 0.25) is 12.7 Å². The van der Waals surface area contributed by atoms with Gasteiger partial charge in [0.05, 0.1) is 31.9 Å². The van der Waals surface area contributed by atoms with Crippen molar-refractivity contribution in [2.24, 2.45) is 13.0 Å². The molecule has 0 radical (unpaired) electrons. The van der Waals surface area contributed by atoms with E-state index in [1.807, 2.05) is 6.92 Å². The molecule has 14 nitrogen and oxygen atoms in total. The Labute approximate surface area is 255 Å². The van der Waals surface area contributed by atoms with Gasteiger partial charge >= 0.3 is 6.03 Å². The maximum atomic E-state index is 13.5. The molecule has 3 aromatic rings. The molecule has 3 N–H and O–H groups in total. The number of sulfonamides is 1. The van der Waals surface area contributed by atoms with Gasteiger partial charge in [0.25, 0.3) is 10.0 Å². The van der Waals surface area contributed by atoms with Crippen LogP contribution in [-0.4, -0.2) is 90.5 Å². The lowest BCUT2D eigenvalue weighted by Gasteiger charge is -2.34. The first kappa shape index (κ1) is 30.9. The number of aromatic nitrogens is 2. The number of ether oxygens (including phenoxy) is 3. The van der Waals surface area contributed by atoms with E-state index >= 15 is 0 Å². The first-order valence-electron chi connectivity index (χ1n) is 14.1. The summed E-state index contributed by atoms with van der Waals surface area (Å²) in [5, 5.41) is 12.6. The van der Waals surface area contributed by atoms with Crippen LogP contribution in [0, 0.1) is 5.92 Å². The van der Waals surface area contributed by atoms with E-state index in [1.165, 1.54) is 22.0 Å². The van der Waals surface area contributed by atoms with Gasteiger partial charge in [-0.2, -0.15) is 8.42 Å². The number of aryl methyl sites for hydroxylation is 1. The highest BCUT2D eigenvalue weighted by molar-refractivity contribution is 7.92. The fourth-order valence-electron chi connectivity index (χ4n) is 4.99. The van der Waals surface area contributed by atoms with Gasteiger partial charge in [0.1, 0.15) is 11.9 Å². The lowest BCUT2D eigenvalue weighted by Crippen LogP contribution is -2.48. The van der Waals surface area contributed by atoms with Gasteiger partial charge in [-0.05, 0) is 37.3 Å². The van der Waals surface area contributed by atoms with Crippen molar-refractivity contribution in [1.29, 1.82) is 0 Å². The molecule has 0 spiro atoms. The minimum atomic E-state index is -3.98. The molecule has 3 heterocycles. The molecule has 3 amide bonds. The molecule has 15 heteroatoms. The topological polar surface area (TPSA) is 165 Å². The molecule has 0 saturated carbocycles. The van der Waals surface area contributed by atoms with Crippen molar-refractivity contribution in [1.82, 2.24) is 19.4 Å². The summed E-state index contributed by atoms with van der Waals surface area (Å²) in [6.07, 6.45) is 2.12. The van der Waals surface area contributed by atoms with Gasteiger partial charge in [-0.3, -0.25) is 9.52 Å². The molecule has 1 aromatic heterocycles. The number of benzene rings is 2. The highest BCUT2D eigenvalue weighted by Crippen LogP contribution is 2.34. The van der Waals surface area contributed by atoms with E-state index in [4.69, 9.17) is 14.2 Å². The van der Waals surface area contributed by atoms with E-state index in [0.29, 0.717) is 28.5 Å². The summed E-state index contributed by atoms with van der Waals surface area (Å²) in [7, 11) is -0.671. The van der Waals surface area contributed by atoms with Crippen LogP contribution in [0.3, 0.4) is 0 Å². The van der Waals surface area contributed by atoms with Crippen molar-refractivity contribution in [3.05, 3.63) is 54.5 Å². The van der Waals surface area contributed by atoms with Crippen LogP contribution in [0.1, 0.15) is 19.4 Å². The summed E-state index contributed by atoms with van der Waals surface area (Å²) in [6, 6.07) is 8.98. The normalized spacial score (nSPS) is 18.8. The zero-order valence-electron chi connectivity index (χ0n) is 24.9. The number of carbonyl (C=O) groups excluding carboxylic acids is 2. The van der Waals surface area contributed by atoms with E-state index in [0.717, 1.165) is 0 Å². The number of urea groups is 1. The monoisotopic (exact) mass is 628 g/mol. The average Bonchev–Trinajstić information content (AvgIpc) is 3.65. The van der Waals surface area contributed by atoms with E-state index in [-0.39, 0.29) is 61.5 Å². The van der Waals surface area contributed by atoms with Gasteiger partial charge in [0.15, 0.2) is 16.5 Å². The number of aliphatic hydroxyl groups excluding tert-OH is 1. The fraction of sp³-hybridized carbons (Fsp3) is 0.414. The number of imidazole rings is 1. The molecular formula is C29H36N6O8S. The second-order valence-corrected chi connectivity index (χ2v) is 12.7. The Kier molecular flexibility index (Phi) is 8.87. The van der Waals surface area contributed by atoms with Crippen LogP contribution in [0.5, 0.6) is 17.2 Å². The Hall–Kier alpha value is -4.50. The van der Waals surface area contributed by atoms with Crippen LogP contribution < -0.4 is 24.2 Å². The predicted molar refractivity (Wildman–Crippen MR) is 160 cm³/mol. The van der Waals surface area contributed by atoms with Crippen molar-refractivity contribution < 1.29 is 37.3 Å². The maximum Gasteiger partial charge on any atom is 0.321 e. The summed E-state index contributed by atoms with van der Waals surface area (Å²) in [5.41, 5.74) is 1.23. The SMILES string of the molecule is C[C@@H]1CN([C@@H](C)CO)C(=O)Cc2cc(NS(=O)(=O)c3cn(C)cn3)ccc2O[C@H]1CN(C)C(=O)Nc1ccc2c(c1)OCO2. The smallest absolute Gasteiger partial charge is 0.321 e. The highest BCUT2D eigenvalue weighted by atomic mass is 32.2. The first-order valence-corrected chi connectivity index (χ1v) is 15.5. The Bertz CT molecular complexity index is 1640. The Morgan fingerprint density at radius 1 is 1.16 bits per heavy atom. The standard InChI is InChI=1S/C29H36N6O8S/c1-18-12-35(19(2)15-36)28(37)10-20-9-22(32-44(39,40)27-14-33(3)16-30-27)6-7-23(20)43-26(18)13-34(4)29(38)31-21-5-8-24-25(11-21)42-17-41-24/h5-9,11,14,16,18-19,26,32,36H,10,12-13,15,17H2,1-4H3,(H,31,38)/t18-,19+,26+/m1/s1. The number of amides is 3. The fourth-order valence-corrected chi connectivity index (χ4v) is 6.02. The van der Waals surface area contributed by atoms with Gasteiger partial charge in [-0.15, -0.1) is 0 Å². The highest BCUT2D eigenvalue weighted by Gasteiger charge is 2.32. The summed E-state index contributed by atoms with van der Waals surface area (Å²) in [6.45, 7) is 3.99. The van der Waals surface area contributed by atoms with Crippen LogP contribution >= 0.6 is 0 Å². The van der Waals surface area contributed by atoms with Crippen LogP contribution in [-0.2, 0) is 28.3 Å². The van der Waals surface area contributed by atoms with Crippen molar-refractivity contribution in [2.75, 3.05) is 43.6 Å². The molecule has 0 aliphatic carbocycles. The molecule has 0 bridgehead atoms. The number of fused-ring (bicyclic) bond motifs is 2. The number of hydrogen-bond acceptors (Lipinski definition) is 9. The molecule has 0 fully saturated rings. The lowest BCUT2D eigenvalue weighted by molar-refractivity contribution is -0.134. The van der Waals surface area contributed by atoms with E-state index in [9.17, 15) is 23.1 Å². The van der Waals surface area contributed by atoms with Crippen LogP contribution in [0.4, 0.5) is 16.2 Å². The first-order chi connectivity index (χ1) is 20.9. The summed E-state index contributed by atoms with van der Waals surface area (Å²) >= 11 is 0. The summed E-state index contributed by atoms with van der Waals surface area (Å²) < 4.78 is 47.0. The Morgan fingerprint density at radius 2 is 1.89 bits per heavy atom. The molecule has 236 valence electrons. The van der Waals surface area contributed by atoms with Crippen LogP contribution in [0.25, 0.3) is 0 Å². The molecule has 0 saturated heterocycles. The molecule has 2 aliphatic heterocycles. The van der Waals surface area contributed by atoms with Crippen molar-refractivity contribution >= 4 is 33.3 Å². The quantitative estimate of drug-likeness (QED) is 0.339. The molecule has 3 atom stereocenters. The number of carbonyl (C=O) groups is 2. The molecular weight excluding hydrogens is 592 g/mol. The number of nitrogens with zero attached hydrogens (tertiary/aromatic N) is 4. The third kappa shape index (κ3) is 6.83. The average molecular weight is 629 g/mol. The third-order valence-electron chi connectivity index (χ3n) is 7.55. The Morgan fingerprint density at radius 3 is 2.61 bits per heavy atom. The molecule has 44 heavy (non-hydrogen) atoms. The lowest BCUT2D eigenvalue weighted by atomic mass is 10.0. The minimum absolute atomic E-state index is 0.0846. The van der Waals surface area contributed by atoms with Crippen LogP contribution in [0.2, 0.25) is 0 Å². The third-order valence-corrected chi connectivity index (χ3v) is 8.82. The molecule has 2 aliphatic rings. The number of aliphatic hydroxyl groups is 1. The zero-order chi connectivity index (χ0) is 31.6. The van der Waals surface area contributed by atoms with E-state index in [2.05, 4.69) is 15.0 Å². The number of anilines is 2. The molecule has 0 unspecified atom stereocenters. The van der Waals surface area contributed by atoms with Gasteiger partial charge in [-0.25, -0.2) is 9.78 Å². The second kappa shape index (κ2) is 12.6. The number of rotatable bonds is 8. The zero-order valence-corrected chi connectivity index (χ0v) is 25.7. The summed E-state index contributed by atoms with van der Waals surface area (Å²) in [4.78, 5) is 33.6. The predicted octanol–water partition coefficient (Wildman–Crippen LogP) is 2.26. The largest absolute Gasteiger partial charge is 0.488 e. The van der Waals surface area contributed by atoms with Gasteiger partial charge < -0.3 is 39.0 Å².